The minimum absolute atomic E-state index is 0.0755. The Morgan fingerprint density at radius 2 is 1.46 bits per heavy atom. The van der Waals surface area contributed by atoms with Crippen LogP contribution in [-0.4, -0.2) is 59.4 Å². The van der Waals surface area contributed by atoms with Crippen molar-refractivity contribution < 1.29 is 9.59 Å². The first kappa shape index (κ1) is 17.7. The predicted octanol–water partition coefficient (Wildman–Crippen LogP) is 2.30. The average Bonchev–Trinajstić information content (AvgIpc) is 2.62. The molecule has 24 heavy (non-hydrogen) atoms. The van der Waals surface area contributed by atoms with Gasteiger partial charge in [-0.15, -0.1) is 0 Å². The Bertz CT molecular complexity index is 446. The topological polar surface area (TPSA) is 52.7 Å². The van der Waals surface area contributed by atoms with Crippen molar-refractivity contribution in [3.05, 3.63) is 0 Å². The first-order valence-electron chi connectivity index (χ1n) is 9.93. The molecule has 1 aliphatic carbocycles. The average molecular weight is 335 g/mol. The van der Waals surface area contributed by atoms with Crippen molar-refractivity contribution in [1.29, 1.82) is 0 Å². The number of carbonyl (C=O) groups is 2. The fourth-order valence-electron chi connectivity index (χ4n) is 4.90. The van der Waals surface area contributed by atoms with Crippen molar-refractivity contribution in [1.82, 2.24) is 15.1 Å². The van der Waals surface area contributed by atoms with E-state index < -0.39 is 5.54 Å². The summed E-state index contributed by atoms with van der Waals surface area (Å²) < 4.78 is 0. The predicted molar refractivity (Wildman–Crippen MR) is 94.7 cm³/mol. The molecular weight excluding hydrogens is 302 g/mol. The summed E-state index contributed by atoms with van der Waals surface area (Å²) in [4.78, 5) is 29.5. The second-order valence-electron chi connectivity index (χ2n) is 7.94. The van der Waals surface area contributed by atoms with Gasteiger partial charge in [-0.3, -0.25) is 9.59 Å². The van der Waals surface area contributed by atoms with Crippen LogP contribution in [0.15, 0.2) is 0 Å². The van der Waals surface area contributed by atoms with Gasteiger partial charge >= 0.3 is 0 Å². The van der Waals surface area contributed by atoms with E-state index in [-0.39, 0.29) is 11.8 Å². The molecule has 0 unspecified atom stereocenters. The summed E-state index contributed by atoms with van der Waals surface area (Å²) in [5, 5.41) is 3.03. The quantitative estimate of drug-likeness (QED) is 0.861. The van der Waals surface area contributed by atoms with E-state index in [0.29, 0.717) is 6.04 Å². The van der Waals surface area contributed by atoms with Gasteiger partial charge in [-0.2, -0.15) is 0 Å². The SMILES string of the molecule is CC(=O)NC1(C(=O)N2CCC(N3CCCCC3)CC2)CCCCC1. The van der Waals surface area contributed by atoms with Gasteiger partial charge in [0.25, 0.3) is 0 Å². The smallest absolute Gasteiger partial charge is 0.248 e. The summed E-state index contributed by atoms with van der Waals surface area (Å²) in [5.41, 5.74) is -0.623. The first-order chi connectivity index (χ1) is 11.6. The van der Waals surface area contributed by atoms with E-state index in [1.165, 1.54) is 45.7 Å². The third kappa shape index (κ3) is 3.93. The van der Waals surface area contributed by atoms with Gasteiger partial charge in [0.2, 0.25) is 11.8 Å². The zero-order valence-electron chi connectivity index (χ0n) is 15.2. The lowest BCUT2D eigenvalue weighted by molar-refractivity contribution is -0.144. The minimum atomic E-state index is -0.623. The third-order valence-electron chi connectivity index (χ3n) is 6.19. The Hall–Kier alpha value is -1.10. The molecule has 136 valence electrons. The van der Waals surface area contributed by atoms with Crippen molar-refractivity contribution in [2.75, 3.05) is 26.2 Å². The molecule has 1 N–H and O–H groups in total. The second kappa shape index (κ2) is 7.85. The highest BCUT2D eigenvalue weighted by Crippen LogP contribution is 2.31. The highest BCUT2D eigenvalue weighted by molar-refractivity contribution is 5.91. The summed E-state index contributed by atoms with van der Waals surface area (Å²) >= 11 is 0. The van der Waals surface area contributed by atoms with Crippen LogP contribution in [-0.2, 0) is 9.59 Å². The number of hydrogen-bond acceptors (Lipinski definition) is 3. The van der Waals surface area contributed by atoms with Crippen LogP contribution in [0.4, 0.5) is 0 Å². The van der Waals surface area contributed by atoms with Gasteiger partial charge in [-0.25, -0.2) is 0 Å². The van der Waals surface area contributed by atoms with Gasteiger partial charge in [0.1, 0.15) is 5.54 Å². The van der Waals surface area contributed by atoms with E-state index >= 15 is 0 Å². The maximum absolute atomic E-state index is 13.2. The number of likely N-dealkylation sites (tertiary alicyclic amines) is 2. The van der Waals surface area contributed by atoms with E-state index in [4.69, 9.17) is 0 Å². The molecule has 0 aromatic carbocycles. The van der Waals surface area contributed by atoms with Crippen LogP contribution in [0.5, 0.6) is 0 Å². The fourth-order valence-corrected chi connectivity index (χ4v) is 4.90. The molecule has 2 aliphatic heterocycles. The molecule has 0 aromatic rings. The molecule has 2 saturated heterocycles. The lowest BCUT2D eigenvalue weighted by Gasteiger charge is -2.44. The summed E-state index contributed by atoms with van der Waals surface area (Å²) in [6, 6.07) is 0.650. The first-order valence-corrected chi connectivity index (χ1v) is 9.93. The standard InChI is InChI=1S/C19H33N3O2/c1-16(23)20-19(10-4-2-5-11-19)18(24)22-14-8-17(9-15-22)21-12-6-3-7-13-21/h17H,2-15H2,1H3,(H,20,23). The van der Waals surface area contributed by atoms with Gasteiger partial charge in [0.15, 0.2) is 0 Å². The molecule has 2 amide bonds. The maximum Gasteiger partial charge on any atom is 0.248 e. The van der Waals surface area contributed by atoms with E-state index in [1.54, 1.807) is 0 Å². The molecule has 0 spiro atoms. The summed E-state index contributed by atoms with van der Waals surface area (Å²) in [6.07, 6.45) is 11.0. The van der Waals surface area contributed by atoms with Crippen LogP contribution in [0.3, 0.4) is 0 Å². The Morgan fingerprint density at radius 3 is 2.04 bits per heavy atom. The number of carbonyl (C=O) groups excluding carboxylic acids is 2. The molecule has 2 heterocycles. The third-order valence-corrected chi connectivity index (χ3v) is 6.19. The molecule has 3 rings (SSSR count). The molecule has 0 atom stereocenters. The Morgan fingerprint density at radius 1 is 0.875 bits per heavy atom. The molecule has 0 aromatic heterocycles. The Balaban J connectivity index is 1.59. The highest BCUT2D eigenvalue weighted by atomic mass is 16.2. The van der Waals surface area contributed by atoms with Gasteiger partial charge in [0.05, 0.1) is 0 Å². The van der Waals surface area contributed by atoms with E-state index in [2.05, 4.69) is 10.2 Å². The van der Waals surface area contributed by atoms with Crippen LogP contribution in [0.2, 0.25) is 0 Å². The fraction of sp³-hybridized carbons (Fsp3) is 0.895. The molecule has 5 nitrogen and oxygen atoms in total. The largest absolute Gasteiger partial charge is 0.342 e. The van der Waals surface area contributed by atoms with Crippen molar-refractivity contribution in [2.24, 2.45) is 0 Å². The molecular formula is C19H33N3O2. The Labute approximate surface area is 146 Å². The summed E-state index contributed by atoms with van der Waals surface area (Å²) in [6.45, 7) is 5.69. The molecule has 1 saturated carbocycles. The van der Waals surface area contributed by atoms with Crippen molar-refractivity contribution in [3.63, 3.8) is 0 Å². The van der Waals surface area contributed by atoms with Crippen molar-refractivity contribution in [2.45, 2.75) is 82.7 Å². The number of piperidine rings is 2. The van der Waals surface area contributed by atoms with Gasteiger partial charge in [-0.1, -0.05) is 25.7 Å². The van der Waals surface area contributed by atoms with E-state index in [9.17, 15) is 9.59 Å². The van der Waals surface area contributed by atoms with Gasteiger partial charge < -0.3 is 15.1 Å². The summed E-state index contributed by atoms with van der Waals surface area (Å²) in [5.74, 6) is 0.1000. The normalized spacial score (nSPS) is 26.1. The molecule has 0 radical (unpaired) electrons. The van der Waals surface area contributed by atoms with Crippen LogP contribution in [0.25, 0.3) is 0 Å². The number of nitrogens with one attached hydrogen (secondary N) is 1. The monoisotopic (exact) mass is 335 g/mol. The molecule has 3 aliphatic rings. The number of hydrogen-bond donors (Lipinski definition) is 1. The molecule has 5 heteroatoms. The van der Waals surface area contributed by atoms with Crippen LogP contribution in [0.1, 0.15) is 71.1 Å². The molecule has 0 bridgehead atoms. The van der Waals surface area contributed by atoms with Crippen LogP contribution < -0.4 is 5.32 Å². The van der Waals surface area contributed by atoms with Crippen LogP contribution >= 0.6 is 0 Å². The molecule has 3 fully saturated rings. The van der Waals surface area contributed by atoms with Crippen LogP contribution in [0, 0.1) is 0 Å². The van der Waals surface area contributed by atoms with Crippen molar-refractivity contribution in [3.8, 4) is 0 Å². The lowest BCUT2D eigenvalue weighted by atomic mass is 9.80. The number of nitrogens with zero attached hydrogens (tertiary/aromatic N) is 2. The van der Waals surface area contributed by atoms with Gasteiger partial charge in [0, 0.05) is 26.1 Å². The highest BCUT2D eigenvalue weighted by Gasteiger charge is 2.43. The van der Waals surface area contributed by atoms with Gasteiger partial charge in [-0.05, 0) is 51.6 Å². The number of amides is 2. The van der Waals surface area contributed by atoms with E-state index in [0.717, 1.165) is 51.6 Å². The second-order valence-corrected chi connectivity index (χ2v) is 7.94. The number of rotatable bonds is 3. The zero-order valence-corrected chi connectivity index (χ0v) is 15.2. The minimum Gasteiger partial charge on any atom is -0.342 e. The zero-order chi connectivity index (χ0) is 17.0. The lowest BCUT2D eigenvalue weighted by Crippen LogP contribution is -2.62. The maximum atomic E-state index is 13.2. The Kier molecular flexibility index (Phi) is 5.80. The van der Waals surface area contributed by atoms with Crippen molar-refractivity contribution >= 4 is 11.8 Å². The van der Waals surface area contributed by atoms with E-state index in [1.807, 2.05) is 4.90 Å². The summed E-state index contributed by atoms with van der Waals surface area (Å²) in [7, 11) is 0.